The number of anilines is 1. The van der Waals surface area contributed by atoms with E-state index in [-0.39, 0.29) is 6.10 Å². The second-order valence-corrected chi connectivity index (χ2v) is 5.75. The number of halogens is 1. The molecule has 1 heterocycles. The molecule has 0 spiro atoms. The van der Waals surface area contributed by atoms with Crippen LogP contribution < -0.4 is 10.1 Å². The molecule has 3 nitrogen and oxygen atoms in total. The van der Waals surface area contributed by atoms with E-state index in [2.05, 4.69) is 57.2 Å². The third-order valence-electron chi connectivity index (χ3n) is 2.51. The van der Waals surface area contributed by atoms with Crippen LogP contribution in [0.5, 0.6) is 5.88 Å². The zero-order valence-electron chi connectivity index (χ0n) is 11.1. The first-order valence-electron chi connectivity index (χ1n) is 6.25. The minimum atomic E-state index is 0.119. The van der Waals surface area contributed by atoms with Crippen LogP contribution in [0.15, 0.2) is 42.6 Å². The molecule has 4 heteroatoms. The first-order valence-corrected chi connectivity index (χ1v) is 7.33. The lowest BCUT2D eigenvalue weighted by molar-refractivity contribution is 0.234. The topological polar surface area (TPSA) is 34.1 Å². The van der Waals surface area contributed by atoms with Gasteiger partial charge in [-0.15, -0.1) is 0 Å². The summed E-state index contributed by atoms with van der Waals surface area (Å²) in [6, 6.07) is 12.3. The van der Waals surface area contributed by atoms with Gasteiger partial charge >= 0.3 is 0 Å². The molecule has 2 aromatic rings. The molecule has 0 bridgehead atoms. The summed E-state index contributed by atoms with van der Waals surface area (Å²) in [5.41, 5.74) is 2.16. The normalized spacial score (nSPS) is 10.5. The summed E-state index contributed by atoms with van der Waals surface area (Å²) in [4.78, 5) is 4.26. The van der Waals surface area contributed by atoms with Gasteiger partial charge in [-0.3, -0.25) is 0 Å². The maximum absolute atomic E-state index is 5.68. The Morgan fingerprint density at radius 1 is 1.21 bits per heavy atom. The van der Waals surface area contributed by atoms with Crippen molar-refractivity contribution in [3.05, 3.63) is 51.7 Å². The molecule has 0 atom stereocenters. The van der Waals surface area contributed by atoms with E-state index in [9.17, 15) is 0 Å². The van der Waals surface area contributed by atoms with Crippen molar-refractivity contribution in [2.24, 2.45) is 0 Å². The molecule has 0 amide bonds. The van der Waals surface area contributed by atoms with Crippen molar-refractivity contribution in [3.8, 4) is 5.88 Å². The lowest BCUT2D eigenvalue weighted by Crippen LogP contribution is -2.10. The number of benzene rings is 1. The molecule has 0 unspecified atom stereocenters. The highest BCUT2D eigenvalue weighted by Gasteiger charge is 2.06. The number of nitrogens with one attached hydrogen (secondary N) is 1. The van der Waals surface area contributed by atoms with E-state index in [1.165, 1.54) is 9.13 Å². The largest absolute Gasteiger partial charge is 0.473 e. The summed E-state index contributed by atoms with van der Waals surface area (Å²) in [6.45, 7) is 4.76. The zero-order chi connectivity index (χ0) is 13.7. The fourth-order valence-electron chi connectivity index (χ4n) is 1.64. The van der Waals surface area contributed by atoms with Gasteiger partial charge in [0.15, 0.2) is 0 Å². The summed E-state index contributed by atoms with van der Waals surface area (Å²) in [7, 11) is 0. The highest BCUT2D eigenvalue weighted by atomic mass is 127. The SMILES string of the molecule is CC(C)Oc1ncccc1NCc1ccc(I)cc1. The lowest BCUT2D eigenvalue weighted by Gasteiger charge is -2.14. The van der Waals surface area contributed by atoms with Gasteiger partial charge in [-0.1, -0.05) is 12.1 Å². The van der Waals surface area contributed by atoms with E-state index in [0.717, 1.165) is 12.2 Å². The molecule has 0 aliphatic heterocycles. The molecule has 1 aromatic heterocycles. The summed E-state index contributed by atoms with van der Waals surface area (Å²) in [5.74, 6) is 0.656. The molecule has 2 rings (SSSR count). The van der Waals surface area contributed by atoms with Gasteiger partial charge in [-0.25, -0.2) is 4.98 Å². The summed E-state index contributed by atoms with van der Waals surface area (Å²) >= 11 is 2.30. The molecule has 1 N–H and O–H groups in total. The molecule has 1 aromatic carbocycles. The molecular formula is C15H17IN2O. The Morgan fingerprint density at radius 2 is 1.95 bits per heavy atom. The van der Waals surface area contributed by atoms with Crippen molar-refractivity contribution in [2.45, 2.75) is 26.5 Å². The van der Waals surface area contributed by atoms with Crippen LogP contribution in [0, 0.1) is 3.57 Å². The number of pyridine rings is 1. The number of hydrogen-bond donors (Lipinski definition) is 1. The summed E-state index contributed by atoms with van der Waals surface area (Å²) in [6.07, 6.45) is 1.86. The molecule has 0 fully saturated rings. The van der Waals surface area contributed by atoms with Gasteiger partial charge in [-0.2, -0.15) is 0 Å². The fraction of sp³-hybridized carbons (Fsp3) is 0.267. The Hall–Kier alpha value is -1.30. The van der Waals surface area contributed by atoms with Crippen molar-refractivity contribution < 1.29 is 4.74 Å². The van der Waals surface area contributed by atoms with Crippen LogP contribution in [0.1, 0.15) is 19.4 Å². The van der Waals surface area contributed by atoms with E-state index in [0.29, 0.717) is 5.88 Å². The van der Waals surface area contributed by atoms with Crippen LogP contribution in [0.4, 0.5) is 5.69 Å². The zero-order valence-corrected chi connectivity index (χ0v) is 13.2. The Kier molecular flexibility index (Phi) is 5.01. The standard InChI is InChI=1S/C15H17IN2O/c1-11(2)19-15-14(4-3-9-17-15)18-10-12-5-7-13(16)8-6-12/h3-9,11,18H,10H2,1-2H3. The first-order chi connectivity index (χ1) is 9.15. The minimum absolute atomic E-state index is 0.119. The Morgan fingerprint density at radius 3 is 2.63 bits per heavy atom. The van der Waals surface area contributed by atoms with Crippen molar-refractivity contribution in [1.82, 2.24) is 4.98 Å². The molecule has 0 aliphatic rings. The third-order valence-corrected chi connectivity index (χ3v) is 3.23. The summed E-state index contributed by atoms with van der Waals surface area (Å²) in [5, 5.41) is 3.36. The van der Waals surface area contributed by atoms with E-state index < -0.39 is 0 Å². The second-order valence-electron chi connectivity index (χ2n) is 4.50. The van der Waals surface area contributed by atoms with Gasteiger partial charge in [0.2, 0.25) is 5.88 Å². The third kappa shape index (κ3) is 4.38. The van der Waals surface area contributed by atoms with Crippen molar-refractivity contribution in [1.29, 1.82) is 0 Å². The molecule has 0 aliphatic carbocycles. The quantitative estimate of drug-likeness (QED) is 0.808. The van der Waals surface area contributed by atoms with E-state index in [1.807, 2.05) is 26.0 Å². The van der Waals surface area contributed by atoms with Crippen molar-refractivity contribution in [3.63, 3.8) is 0 Å². The predicted molar refractivity (Wildman–Crippen MR) is 86.5 cm³/mol. The van der Waals surface area contributed by atoms with Crippen LogP contribution in [-0.2, 0) is 6.54 Å². The molecule has 19 heavy (non-hydrogen) atoms. The smallest absolute Gasteiger partial charge is 0.237 e. The predicted octanol–water partition coefficient (Wildman–Crippen LogP) is 4.09. The van der Waals surface area contributed by atoms with Gasteiger partial charge in [-0.05, 0) is 66.3 Å². The summed E-state index contributed by atoms with van der Waals surface area (Å²) < 4.78 is 6.92. The molecule has 100 valence electrons. The molecular weight excluding hydrogens is 351 g/mol. The molecule has 0 radical (unpaired) electrons. The van der Waals surface area contributed by atoms with Gasteiger partial charge in [0.05, 0.1) is 11.8 Å². The van der Waals surface area contributed by atoms with Gasteiger partial charge in [0.1, 0.15) is 0 Å². The maximum Gasteiger partial charge on any atom is 0.237 e. The molecule has 0 saturated carbocycles. The maximum atomic E-state index is 5.68. The van der Waals surface area contributed by atoms with E-state index >= 15 is 0 Å². The Balaban J connectivity index is 2.04. The van der Waals surface area contributed by atoms with Crippen LogP contribution in [-0.4, -0.2) is 11.1 Å². The van der Waals surface area contributed by atoms with Crippen LogP contribution in [0.25, 0.3) is 0 Å². The number of hydrogen-bond acceptors (Lipinski definition) is 3. The number of rotatable bonds is 5. The Labute approximate surface area is 127 Å². The first kappa shape index (κ1) is 14.1. The van der Waals surface area contributed by atoms with Gasteiger partial charge in [0, 0.05) is 16.3 Å². The number of nitrogens with zero attached hydrogens (tertiary/aromatic N) is 1. The van der Waals surface area contributed by atoms with Crippen LogP contribution in [0.2, 0.25) is 0 Å². The Bertz CT molecular complexity index is 526. The monoisotopic (exact) mass is 368 g/mol. The van der Waals surface area contributed by atoms with Crippen LogP contribution in [0.3, 0.4) is 0 Å². The highest BCUT2D eigenvalue weighted by Crippen LogP contribution is 2.22. The van der Waals surface area contributed by atoms with Crippen LogP contribution >= 0.6 is 22.6 Å². The van der Waals surface area contributed by atoms with Crippen molar-refractivity contribution in [2.75, 3.05) is 5.32 Å². The van der Waals surface area contributed by atoms with E-state index in [4.69, 9.17) is 4.74 Å². The van der Waals surface area contributed by atoms with E-state index in [1.54, 1.807) is 6.20 Å². The lowest BCUT2D eigenvalue weighted by atomic mass is 10.2. The number of aromatic nitrogens is 1. The average molecular weight is 368 g/mol. The second kappa shape index (κ2) is 6.75. The van der Waals surface area contributed by atoms with Gasteiger partial charge in [0.25, 0.3) is 0 Å². The molecule has 0 saturated heterocycles. The number of ether oxygens (including phenoxy) is 1. The van der Waals surface area contributed by atoms with Crippen molar-refractivity contribution >= 4 is 28.3 Å². The fourth-order valence-corrected chi connectivity index (χ4v) is 2.00. The minimum Gasteiger partial charge on any atom is -0.473 e. The average Bonchev–Trinajstić information content (AvgIpc) is 2.39. The van der Waals surface area contributed by atoms with Gasteiger partial charge < -0.3 is 10.1 Å². The highest BCUT2D eigenvalue weighted by molar-refractivity contribution is 14.1.